The topological polar surface area (TPSA) is 47.4 Å². The Bertz CT molecular complexity index is 1010. The molecule has 0 saturated carbocycles. The molecular formula is C23H22ClN3O. The van der Waals surface area contributed by atoms with Gasteiger partial charge in [-0.1, -0.05) is 48.0 Å². The van der Waals surface area contributed by atoms with Gasteiger partial charge in [-0.2, -0.15) is 0 Å². The summed E-state index contributed by atoms with van der Waals surface area (Å²) < 4.78 is 0. The summed E-state index contributed by atoms with van der Waals surface area (Å²) in [5.74, 6) is 0.156. The molecule has 0 bridgehead atoms. The van der Waals surface area contributed by atoms with Gasteiger partial charge in [0.2, 0.25) is 5.91 Å². The van der Waals surface area contributed by atoms with Gasteiger partial charge < -0.3 is 15.2 Å². The van der Waals surface area contributed by atoms with Gasteiger partial charge in [-0.05, 0) is 46.2 Å². The maximum atomic E-state index is 12.9. The summed E-state index contributed by atoms with van der Waals surface area (Å²) in [7, 11) is 0. The molecule has 1 amide bonds. The summed E-state index contributed by atoms with van der Waals surface area (Å²) in [5.41, 5.74) is 3.04. The maximum Gasteiger partial charge on any atom is 0.227 e. The molecule has 4 rings (SSSR count). The zero-order valence-electron chi connectivity index (χ0n) is 15.6. The van der Waals surface area contributed by atoms with Crippen LogP contribution in [0, 0.1) is 5.41 Å². The first-order valence-corrected chi connectivity index (χ1v) is 9.83. The van der Waals surface area contributed by atoms with Crippen LogP contribution in [0.4, 0.5) is 5.69 Å². The minimum absolute atomic E-state index is 0.156. The molecule has 1 heterocycles. The summed E-state index contributed by atoms with van der Waals surface area (Å²) in [6, 6.07) is 19.7. The summed E-state index contributed by atoms with van der Waals surface area (Å²) in [6.45, 7) is 3.08. The number of piperazine rings is 1. The molecule has 0 aromatic heterocycles. The second-order valence-corrected chi connectivity index (χ2v) is 7.46. The Balaban J connectivity index is 1.45. The Kier molecular flexibility index (Phi) is 5.31. The number of benzene rings is 3. The second kappa shape index (κ2) is 8.03. The highest BCUT2D eigenvalue weighted by atomic mass is 35.5. The van der Waals surface area contributed by atoms with E-state index in [2.05, 4.69) is 4.90 Å². The van der Waals surface area contributed by atoms with Gasteiger partial charge in [-0.25, -0.2) is 0 Å². The molecule has 1 aliphatic heterocycles. The van der Waals surface area contributed by atoms with Gasteiger partial charge in [-0.15, -0.1) is 0 Å². The Morgan fingerprint density at radius 1 is 0.929 bits per heavy atom. The highest BCUT2D eigenvalue weighted by Crippen LogP contribution is 2.24. The van der Waals surface area contributed by atoms with Crippen molar-refractivity contribution in [1.29, 1.82) is 5.41 Å². The molecule has 0 radical (unpaired) electrons. The first kappa shape index (κ1) is 18.5. The van der Waals surface area contributed by atoms with Gasteiger partial charge in [-0.3, -0.25) is 4.79 Å². The lowest BCUT2D eigenvalue weighted by atomic mass is 9.98. The van der Waals surface area contributed by atoms with Crippen molar-refractivity contribution in [3.63, 3.8) is 0 Å². The van der Waals surface area contributed by atoms with E-state index >= 15 is 0 Å². The number of carbonyl (C=O) groups excluding carboxylic acids is 1. The maximum absolute atomic E-state index is 12.9. The zero-order valence-corrected chi connectivity index (χ0v) is 16.3. The fourth-order valence-electron chi connectivity index (χ4n) is 3.81. The van der Waals surface area contributed by atoms with Crippen LogP contribution in [0.15, 0.2) is 60.7 Å². The summed E-state index contributed by atoms with van der Waals surface area (Å²) in [5, 5.41) is 10.4. The number of nitrogens with one attached hydrogen (secondary N) is 1. The highest BCUT2D eigenvalue weighted by molar-refractivity contribution is 6.30. The van der Waals surface area contributed by atoms with Gasteiger partial charge >= 0.3 is 0 Å². The molecule has 28 heavy (non-hydrogen) atoms. The van der Waals surface area contributed by atoms with E-state index in [1.807, 2.05) is 65.6 Å². The zero-order chi connectivity index (χ0) is 19.5. The van der Waals surface area contributed by atoms with E-state index in [0.29, 0.717) is 6.42 Å². The van der Waals surface area contributed by atoms with Crippen LogP contribution in [-0.4, -0.2) is 43.2 Å². The van der Waals surface area contributed by atoms with E-state index in [-0.39, 0.29) is 5.91 Å². The molecule has 3 aromatic carbocycles. The molecule has 1 saturated heterocycles. The molecule has 1 aliphatic rings. The molecule has 142 valence electrons. The number of rotatable bonds is 4. The summed E-state index contributed by atoms with van der Waals surface area (Å²) in [6.07, 6.45) is 1.75. The second-order valence-electron chi connectivity index (χ2n) is 7.02. The first-order valence-electron chi connectivity index (χ1n) is 9.45. The van der Waals surface area contributed by atoms with Crippen molar-refractivity contribution in [2.75, 3.05) is 31.1 Å². The van der Waals surface area contributed by atoms with Crippen molar-refractivity contribution in [2.45, 2.75) is 6.42 Å². The summed E-state index contributed by atoms with van der Waals surface area (Å²) >= 11 is 5.97. The third-order valence-electron chi connectivity index (χ3n) is 5.37. The van der Waals surface area contributed by atoms with Crippen molar-refractivity contribution in [3.8, 4) is 0 Å². The van der Waals surface area contributed by atoms with E-state index in [4.69, 9.17) is 17.0 Å². The molecule has 1 N–H and O–H groups in total. The minimum atomic E-state index is 0.156. The van der Waals surface area contributed by atoms with Gasteiger partial charge in [0.1, 0.15) is 0 Å². The fraction of sp³-hybridized carbons (Fsp3) is 0.217. The number of hydrogen-bond donors (Lipinski definition) is 1. The third-order valence-corrected chi connectivity index (χ3v) is 5.62. The fourth-order valence-corrected chi connectivity index (χ4v) is 3.93. The van der Waals surface area contributed by atoms with Crippen molar-refractivity contribution in [3.05, 3.63) is 76.8 Å². The van der Waals surface area contributed by atoms with Crippen molar-refractivity contribution >= 4 is 40.2 Å². The van der Waals surface area contributed by atoms with Gasteiger partial charge in [0, 0.05) is 43.1 Å². The largest absolute Gasteiger partial charge is 0.368 e. The van der Waals surface area contributed by atoms with Crippen LogP contribution in [0.1, 0.15) is 11.1 Å². The molecule has 0 spiro atoms. The molecule has 0 aliphatic carbocycles. The Labute approximate surface area is 169 Å². The summed E-state index contributed by atoms with van der Waals surface area (Å²) in [4.78, 5) is 17.1. The van der Waals surface area contributed by atoms with Crippen molar-refractivity contribution < 1.29 is 4.79 Å². The van der Waals surface area contributed by atoms with Crippen LogP contribution in [0.2, 0.25) is 5.02 Å². The number of carbonyl (C=O) groups is 1. The van der Waals surface area contributed by atoms with Crippen LogP contribution < -0.4 is 4.90 Å². The SMILES string of the molecule is N=Cc1ccc(CC(=O)N2CCN(c3ccc(Cl)cc3)CC2)c2ccccc12. The van der Waals surface area contributed by atoms with E-state index in [0.717, 1.165) is 58.8 Å². The number of fused-ring (bicyclic) bond motifs is 1. The average Bonchev–Trinajstić information content (AvgIpc) is 2.74. The van der Waals surface area contributed by atoms with Crippen LogP contribution >= 0.6 is 11.6 Å². The number of anilines is 1. The predicted octanol–water partition coefficient (Wildman–Crippen LogP) is 4.38. The smallest absolute Gasteiger partial charge is 0.227 e. The Hall–Kier alpha value is -2.85. The molecule has 4 nitrogen and oxygen atoms in total. The lowest BCUT2D eigenvalue weighted by Gasteiger charge is -2.36. The quantitative estimate of drug-likeness (QED) is 0.671. The Morgan fingerprint density at radius 3 is 2.29 bits per heavy atom. The molecule has 5 heteroatoms. The van der Waals surface area contributed by atoms with E-state index < -0.39 is 0 Å². The normalized spacial score (nSPS) is 14.3. The van der Waals surface area contributed by atoms with Crippen molar-refractivity contribution in [1.82, 2.24) is 4.90 Å². The van der Waals surface area contributed by atoms with Crippen LogP contribution in [0.5, 0.6) is 0 Å². The number of amides is 1. The van der Waals surface area contributed by atoms with E-state index in [1.54, 1.807) is 0 Å². The lowest BCUT2D eigenvalue weighted by molar-refractivity contribution is -0.130. The van der Waals surface area contributed by atoms with E-state index in [9.17, 15) is 4.79 Å². The highest BCUT2D eigenvalue weighted by Gasteiger charge is 2.22. The van der Waals surface area contributed by atoms with Gasteiger partial charge in [0.05, 0.1) is 6.42 Å². The third kappa shape index (κ3) is 3.73. The van der Waals surface area contributed by atoms with Crippen LogP contribution in [-0.2, 0) is 11.2 Å². The average molecular weight is 392 g/mol. The number of nitrogens with zero attached hydrogens (tertiary/aromatic N) is 2. The predicted molar refractivity (Wildman–Crippen MR) is 116 cm³/mol. The number of hydrogen-bond acceptors (Lipinski definition) is 3. The molecule has 1 fully saturated rings. The monoisotopic (exact) mass is 391 g/mol. The standard InChI is InChI=1S/C23H22ClN3O/c24-19-7-9-20(10-8-19)26-11-13-27(14-12-26)23(28)15-17-5-6-18(16-25)22-4-2-1-3-21(17)22/h1-10,16,25H,11-15H2. The molecular weight excluding hydrogens is 370 g/mol. The lowest BCUT2D eigenvalue weighted by Crippen LogP contribution is -2.49. The molecule has 0 unspecified atom stereocenters. The van der Waals surface area contributed by atoms with Crippen molar-refractivity contribution in [2.24, 2.45) is 0 Å². The van der Waals surface area contributed by atoms with Gasteiger partial charge in [0.15, 0.2) is 0 Å². The van der Waals surface area contributed by atoms with E-state index in [1.165, 1.54) is 6.21 Å². The van der Waals surface area contributed by atoms with Crippen LogP contribution in [0.25, 0.3) is 10.8 Å². The van der Waals surface area contributed by atoms with Crippen LogP contribution in [0.3, 0.4) is 0 Å². The Morgan fingerprint density at radius 2 is 1.61 bits per heavy atom. The molecule has 0 atom stereocenters. The minimum Gasteiger partial charge on any atom is -0.368 e. The number of halogens is 1. The first-order chi connectivity index (χ1) is 13.7. The molecule has 3 aromatic rings. The van der Waals surface area contributed by atoms with Gasteiger partial charge in [0.25, 0.3) is 0 Å².